The van der Waals surface area contributed by atoms with Gasteiger partial charge in [0, 0.05) is 25.2 Å². The topological polar surface area (TPSA) is 60.0 Å². The van der Waals surface area contributed by atoms with E-state index in [4.69, 9.17) is 5.73 Å². The zero-order chi connectivity index (χ0) is 11.7. The van der Waals surface area contributed by atoms with Crippen LogP contribution in [0.1, 0.15) is 18.7 Å². The molecule has 6 heteroatoms. The molecule has 1 fully saturated rings. The van der Waals surface area contributed by atoms with Crippen molar-refractivity contribution in [3.63, 3.8) is 0 Å². The summed E-state index contributed by atoms with van der Waals surface area (Å²) in [7, 11) is 0. The van der Waals surface area contributed by atoms with Crippen LogP contribution >= 0.6 is 11.8 Å². The Labute approximate surface area is 106 Å². The maximum atomic E-state index is 6.07. The smallest absolute Gasteiger partial charge is 0.147 e. The summed E-state index contributed by atoms with van der Waals surface area (Å²) in [6.45, 7) is 3.74. The Morgan fingerprint density at radius 1 is 1.35 bits per heavy atom. The van der Waals surface area contributed by atoms with Gasteiger partial charge >= 0.3 is 0 Å². The van der Waals surface area contributed by atoms with E-state index in [-0.39, 0.29) is 5.54 Å². The van der Waals surface area contributed by atoms with Gasteiger partial charge < -0.3 is 10.3 Å². The molecule has 0 saturated carbocycles. The predicted molar refractivity (Wildman–Crippen MR) is 68.8 cm³/mol. The minimum absolute atomic E-state index is 0.211. The first kappa shape index (κ1) is 11.5. The molecule has 1 saturated heterocycles. The zero-order valence-corrected chi connectivity index (χ0v) is 10.8. The highest BCUT2D eigenvalue weighted by atomic mass is 32.2. The highest BCUT2D eigenvalue weighted by Gasteiger charge is 2.38. The van der Waals surface area contributed by atoms with Crippen molar-refractivity contribution in [3.8, 4) is 0 Å². The second-order valence-electron chi connectivity index (χ2n) is 4.90. The first-order chi connectivity index (χ1) is 8.34. The van der Waals surface area contributed by atoms with Gasteiger partial charge in [0.15, 0.2) is 0 Å². The first-order valence-electron chi connectivity index (χ1n) is 6.24. The maximum absolute atomic E-state index is 6.07. The number of nitrogens with zero attached hydrogens (tertiary/aromatic N) is 4. The molecule has 0 amide bonds. The van der Waals surface area contributed by atoms with Gasteiger partial charge in [-0.1, -0.05) is 0 Å². The van der Waals surface area contributed by atoms with Gasteiger partial charge in [0.25, 0.3) is 0 Å². The lowest BCUT2D eigenvalue weighted by Gasteiger charge is -2.47. The molecule has 0 aliphatic carbocycles. The van der Waals surface area contributed by atoms with Gasteiger partial charge in [-0.05, 0) is 24.3 Å². The average molecular weight is 253 g/mol. The van der Waals surface area contributed by atoms with Crippen molar-refractivity contribution in [2.24, 2.45) is 5.73 Å². The second-order valence-corrected chi connectivity index (χ2v) is 6.13. The van der Waals surface area contributed by atoms with Crippen LogP contribution in [0.5, 0.6) is 0 Å². The molecule has 2 N–H and O–H groups in total. The molecule has 3 rings (SSSR count). The standard InChI is InChI=1S/C11H19N5S/c12-8-11(1-5-17-6-2-11)16-4-3-15-9-13-14-10(15)7-16/h9H,1-8,12H2. The highest BCUT2D eigenvalue weighted by Crippen LogP contribution is 2.33. The van der Waals surface area contributed by atoms with Gasteiger partial charge in [0.2, 0.25) is 0 Å². The summed E-state index contributed by atoms with van der Waals surface area (Å²) < 4.78 is 2.15. The van der Waals surface area contributed by atoms with Crippen LogP contribution in [0.15, 0.2) is 6.33 Å². The molecule has 2 aliphatic rings. The number of thioether (sulfide) groups is 1. The molecule has 94 valence electrons. The van der Waals surface area contributed by atoms with Crippen molar-refractivity contribution in [2.75, 3.05) is 24.6 Å². The SMILES string of the molecule is NCC1(N2CCn3cnnc3C2)CCSCC1. The third-order valence-electron chi connectivity index (χ3n) is 4.11. The third kappa shape index (κ3) is 1.98. The van der Waals surface area contributed by atoms with Gasteiger partial charge in [-0.3, -0.25) is 4.90 Å². The monoisotopic (exact) mass is 253 g/mol. The van der Waals surface area contributed by atoms with Crippen LogP contribution in [-0.2, 0) is 13.1 Å². The maximum Gasteiger partial charge on any atom is 0.147 e. The van der Waals surface area contributed by atoms with Crippen molar-refractivity contribution in [1.29, 1.82) is 0 Å². The van der Waals surface area contributed by atoms with Crippen molar-refractivity contribution >= 4 is 11.8 Å². The third-order valence-corrected chi connectivity index (χ3v) is 5.10. The van der Waals surface area contributed by atoms with E-state index in [1.54, 1.807) is 0 Å². The van der Waals surface area contributed by atoms with E-state index in [0.717, 1.165) is 32.0 Å². The van der Waals surface area contributed by atoms with Crippen LogP contribution in [0.25, 0.3) is 0 Å². The molecule has 0 aromatic carbocycles. The van der Waals surface area contributed by atoms with E-state index < -0.39 is 0 Å². The normalized spacial score (nSPS) is 24.5. The summed E-state index contributed by atoms with van der Waals surface area (Å²) in [5.41, 5.74) is 6.28. The summed E-state index contributed by atoms with van der Waals surface area (Å²) in [6, 6.07) is 0. The van der Waals surface area contributed by atoms with E-state index in [1.807, 2.05) is 18.1 Å². The Morgan fingerprint density at radius 3 is 2.94 bits per heavy atom. The predicted octanol–water partition coefficient (Wildman–Crippen LogP) is 0.318. The van der Waals surface area contributed by atoms with E-state index in [0.29, 0.717) is 0 Å². The molecule has 17 heavy (non-hydrogen) atoms. The Hall–Kier alpha value is -0.590. The Bertz CT molecular complexity index is 385. The molecule has 0 spiro atoms. The number of fused-ring (bicyclic) bond motifs is 1. The van der Waals surface area contributed by atoms with Crippen molar-refractivity contribution < 1.29 is 0 Å². The molecule has 5 nitrogen and oxygen atoms in total. The summed E-state index contributed by atoms with van der Waals surface area (Å²) in [5.74, 6) is 3.56. The summed E-state index contributed by atoms with van der Waals surface area (Å²) in [4.78, 5) is 2.54. The Morgan fingerprint density at radius 2 is 2.18 bits per heavy atom. The second kappa shape index (κ2) is 4.59. The van der Waals surface area contributed by atoms with Crippen LogP contribution in [0, 0.1) is 0 Å². The van der Waals surface area contributed by atoms with E-state index in [1.165, 1.54) is 24.3 Å². The highest BCUT2D eigenvalue weighted by molar-refractivity contribution is 7.99. The van der Waals surface area contributed by atoms with Crippen LogP contribution < -0.4 is 5.73 Å². The lowest BCUT2D eigenvalue weighted by atomic mass is 9.89. The fourth-order valence-electron chi connectivity index (χ4n) is 2.87. The van der Waals surface area contributed by atoms with Crippen molar-refractivity contribution in [2.45, 2.75) is 31.5 Å². The Balaban J connectivity index is 1.80. The molecular formula is C11H19N5S. The summed E-state index contributed by atoms with van der Waals surface area (Å²) >= 11 is 2.05. The quantitative estimate of drug-likeness (QED) is 0.822. The minimum Gasteiger partial charge on any atom is -0.329 e. The van der Waals surface area contributed by atoms with E-state index >= 15 is 0 Å². The molecular weight excluding hydrogens is 234 g/mol. The fraction of sp³-hybridized carbons (Fsp3) is 0.818. The van der Waals surface area contributed by atoms with Gasteiger partial charge in [-0.25, -0.2) is 0 Å². The van der Waals surface area contributed by atoms with E-state index in [2.05, 4.69) is 19.7 Å². The largest absolute Gasteiger partial charge is 0.329 e. The summed E-state index contributed by atoms with van der Waals surface area (Å²) in [6.07, 6.45) is 4.25. The number of rotatable bonds is 2. The van der Waals surface area contributed by atoms with Crippen molar-refractivity contribution in [1.82, 2.24) is 19.7 Å². The van der Waals surface area contributed by atoms with Crippen LogP contribution in [0.3, 0.4) is 0 Å². The number of hydrogen-bond acceptors (Lipinski definition) is 5. The Kier molecular flexibility index (Phi) is 3.10. The lowest BCUT2D eigenvalue weighted by Crippen LogP contribution is -2.57. The number of aromatic nitrogens is 3. The molecule has 2 aliphatic heterocycles. The average Bonchev–Trinajstić information content (AvgIpc) is 2.86. The van der Waals surface area contributed by atoms with Gasteiger partial charge in [0.05, 0.1) is 6.54 Å². The van der Waals surface area contributed by atoms with E-state index in [9.17, 15) is 0 Å². The molecule has 1 aromatic rings. The molecule has 0 unspecified atom stereocenters. The number of nitrogens with two attached hydrogens (primary N) is 1. The number of hydrogen-bond donors (Lipinski definition) is 1. The van der Waals surface area contributed by atoms with Gasteiger partial charge in [0.1, 0.15) is 12.2 Å². The molecule has 1 aromatic heterocycles. The molecule has 3 heterocycles. The lowest BCUT2D eigenvalue weighted by molar-refractivity contribution is 0.0555. The molecule has 0 atom stereocenters. The molecule has 0 bridgehead atoms. The van der Waals surface area contributed by atoms with Crippen molar-refractivity contribution in [3.05, 3.63) is 12.2 Å². The summed E-state index contributed by atoms with van der Waals surface area (Å²) in [5, 5.41) is 8.18. The van der Waals surface area contributed by atoms with Crippen LogP contribution in [0.4, 0.5) is 0 Å². The van der Waals surface area contributed by atoms with Gasteiger partial charge in [-0.15, -0.1) is 10.2 Å². The fourth-order valence-corrected chi connectivity index (χ4v) is 4.12. The molecule has 0 radical (unpaired) electrons. The van der Waals surface area contributed by atoms with Crippen LogP contribution in [-0.4, -0.2) is 49.8 Å². The first-order valence-corrected chi connectivity index (χ1v) is 7.39. The zero-order valence-electron chi connectivity index (χ0n) is 10.0. The van der Waals surface area contributed by atoms with Crippen LogP contribution in [0.2, 0.25) is 0 Å². The van der Waals surface area contributed by atoms with Gasteiger partial charge in [-0.2, -0.15) is 11.8 Å². The minimum atomic E-state index is 0.211.